The first kappa shape index (κ1) is 13.1. The zero-order valence-electron chi connectivity index (χ0n) is 9.88. The summed E-state index contributed by atoms with van der Waals surface area (Å²) in [7, 11) is -2.01. The third-order valence-corrected chi connectivity index (χ3v) is 4.42. The lowest BCUT2D eigenvalue weighted by atomic mass is 10.2. The van der Waals surface area contributed by atoms with Crippen molar-refractivity contribution >= 4 is 31.6 Å². The lowest BCUT2D eigenvalue weighted by Crippen LogP contribution is -2.17. The van der Waals surface area contributed by atoms with Crippen molar-refractivity contribution in [1.29, 1.82) is 0 Å². The summed E-state index contributed by atoms with van der Waals surface area (Å²) in [6.07, 6.45) is 1.45. The molecule has 1 heterocycles. The van der Waals surface area contributed by atoms with Gasteiger partial charge in [-0.25, -0.2) is 0 Å². The van der Waals surface area contributed by atoms with Crippen molar-refractivity contribution in [3.05, 3.63) is 40.5 Å². The lowest BCUT2D eigenvalue weighted by molar-refractivity contribution is 0.582. The van der Waals surface area contributed by atoms with Gasteiger partial charge in [0.2, 0.25) is 0 Å². The molecule has 0 spiro atoms. The van der Waals surface area contributed by atoms with Gasteiger partial charge in [0.15, 0.2) is 5.03 Å². The Morgan fingerprint density at radius 1 is 1.33 bits per heavy atom. The Balaban J connectivity index is 2.37. The van der Waals surface area contributed by atoms with Gasteiger partial charge < -0.3 is 0 Å². The van der Waals surface area contributed by atoms with Crippen LogP contribution in [0.1, 0.15) is 5.56 Å². The van der Waals surface area contributed by atoms with Crippen molar-refractivity contribution < 1.29 is 8.42 Å². The Labute approximate surface area is 114 Å². The van der Waals surface area contributed by atoms with E-state index in [0.29, 0.717) is 5.69 Å². The third-order valence-electron chi connectivity index (χ3n) is 2.48. The fourth-order valence-corrected chi connectivity index (χ4v) is 3.30. The highest BCUT2D eigenvalue weighted by molar-refractivity contribution is 9.10. The second kappa shape index (κ2) is 4.74. The van der Waals surface area contributed by atoms with E-state index in [4.69, 9.17) is 0 Å². The molecular formula is C11H12BrN3O2S. The largest absolute Gasteiger partial charge is 0.279 e. The minimum atomic E-state index is -3.60. The van der Waals surface area contributed by atoms with Crippen molar-refractivity contribution in [3.8, 4) is 0 Å². The van der Waals surface area contributed by atoms with Crippen LogP contribution in [-0.4, -0.2) is 18.2 Å². The number of halogens is 1. The van der Waals surface area contributed by atoms with Gasteiger partial charge in [0.1, 0.15) is 0 Å². The van der Waals surface area contributed by atoms with E-state index in [2.05, 4.69) is 25.8 Å². The molecule has 1 N–H and O–H groups in total. The Kier molecular flexibility index (Phi) is 3.45. The summed E-state index contributed by atoms with van der Waals surface area (Å²) >= 11 is 3.33. The first-order valence-electron chi connectivity index (χ1n) is 5.17. The van der Waals surface area contributed by atoms with Crippen LogP contribution in [0.15, 0.2) is 40.0 Å². The summed E-state index contributed by atoms with van der Waals surface area (Å²) in [5.41, 5.74) is 1.40. The summed E-state index contributed by atoms with van der Waals surface area (Å²) in [5.74, 6) is 0. The number of aryl methyl sites for hydroxylation is 2. The van der Waals surface area contributed by atoms with Crippen LogP contribution < -0.4 is 4.72 Å². The number of hydrogen-bond acceptors (Lipinski definition) is 3. The molecule has 7 heteroatoms. The van der Waals surface area contributed by atoms with E-state index >= 15 is 0 Å². The molecule has 18 heavy (non-hydrogen) atoms. The van der Waals surface area contributed by atoms with Crippen LogP contribution in [-0.2, 0) is 17.1 Å². The number of rotatable bonds is 3. The Morgan fingerprint density at radius 2 is 2.06 bits per heavy atom. The van der Waals surface area contributed by atoms with Crippen LogP contribution in [0.5, 0.6) is 0 Å². The van der Waals surface area contributed by atoms with Crippen molar-refractivity contribution in [2.45, 2.75) is 11.9 Å². The summed E-state index contributed by atoms with van der Waals surface area (Å²) < 4.78 is 29.0. The molecule has 2 rings (SSSR count). The van der Waals surface area contributed by atoms with E-state index in [-0.39, 0.29) is 5.03 Å². The summed E-state index contributed by atoms with van der Waals surface area (Å²) in [6, 6.07) is 6.80. The van der Waals surface area contributed by atoms with Crippen molar-refractivity contribution in [2.75, 3.05) is 4.72 Å². The van der Waals surface area contributed by atoms with Gasteiger partial charge in [0.25, 0.3) is 10.0 Å². The highest BCUT2D eigenvalue weighted by Gasteiger charge is 2.18. The van der Waals surface area contributed by atoms with Crippen LogP contribution in [0.3, 0.4) is 0 Å². The fourth-order valence-electron chi connectivity index (χ4n) is 1.56. The van der Waals surface area contributed by atoms with Gasteiger partial charge in [-0.05, 0) is 36.8 Å². The standard InChI is InChI=1S/C11H12BrN3O2S/c1-8-7-9(12)3-4-10(8)14-18(16,17)11-5-6-13-15(11)2/h3-7,14H,1-2H3. The highest BCUT2D eigenvalue weighted by atomic mass is 79.9. The van der Waals surface area contributed by atoms with Gasteiger partial charge in [-0.15, -0.1) is 0 Å². The summed E-state index contributed by atoms with van der Waals surface area (Å²) in [4.78, 5) is 0. The Hall–Kier alpha value is -1.34. The number of hydrogen-bond donors (Lipinski definition) is 1. The van der Waals surface area contributed by atoms with Gasteiger partial charge in [-0.1, -0.05) is 15.9 Å². The van der Waals surface area contributed by atoms with Gasteiger partial charge in [0, 0.05) is 11.5 Å². The molecule has 0 aliphatic heterocycles. The molecule has 0 radical (unpaired) electrons. The van der Waals surface area contributed by atoms with E-state index in [1.807, 2.05) is 13.0 Å². The quantitative estimate of drug-likeness (QED) is 0.939. The predicted octanol–water partition coefficient (Wildman–Crippen LogP) is 2.29. The normalized spacial score (nSPS) is 11.5. The third kappa shape index (κ3) is 2.56. The van der Waals surface area contributed by atoms with E-state index in [1.165, 1.54) is 16.9 Å². The van der Waals surface area contributed by atoms with Crippen molar-refractivity contribution in [1.82, 2.24) is 9.78 Å². The molecule has 0 bridgehead atoms. The summed E-state index contributed by atoms with van der Waals surface area (Å²) in [6.45, 7) is 1.84. The monoisotopic (exact) mass is 329 g/mol. The number of anilines is 1. The maximum atomic E-state index is 12.1. The molecular weight excluding hydrogens is 318 g/mol. The molecule has 0 saturated carbocycles. The van der Waals surface area contributed by atoms with E-state index in [9.17, 15) is 8.42 Å². The molecule has 0 atom stereocenters. The number of benzene rings is 1. The van der Waals surface area contributed by atoms with Crippen molar-refractivity contribution in [2.24, 2.45) is 7.05 Å². The van der Waals surface area contributed by atoms with Crippen molar-refractivity contribution in [3.63, 3.8) is 0 Å². The van der Waals surface area contributed by atoms with Crippen LogP contribution in [0.25, 0.3) is 0 Å². The molecule has 0 aliphatic rings. The predicted molar refractivity (Wildman–Crippen MR) is 72.9 cm³/mol. The van der Waals surface area contributed by atoms with Gasteiger partial charge >= 0.3 is 0 Å². The zero-order valence-corrected chi connectivity index (χ0v) is 12.3. The number of nitrogens with zero attached hydrogens (tertiary/aromatic N) is 2. The number of aromatic nitrogens is 2. The van der Waals surface area contributed by atoms with Gasteiger partial charge in [-0.2, -0.15) is 13.5 Å². The molecule has 0 aliphatic carbocycles. The molecule has 5 nitrogen and oxygen atoms in total. The SMILES string of the molecule is Cc1cc(Br)ccc1NS(=O)(=O)c1ccnn1C. The molecule has 96 valence electrons. The maximum Gasteiger partial charge on any atom is 0.279 e. The molecule has 1 aromatic heterocycles. The molecule has 0 saturated heterocycles. The highest BCUT2D eigenvalue weighted by Crippen LogP contribution is 2.22. The zero-order chi connectivity index (χ0) is 13.3. The van der Waals surface area contributed by atoms with E-state index in [1.54, 1.807) is 19.2 Å². The topological polar surface area (TPSA) is 64.0 Å². The first-order valence-corrected chi connectivity index (χ1v) is 7.45. The Bertz CT molecular complexity index is 679. The van der Waals surface area contributed by atoms with Crippen LogP contribution in [0, 0.1) is 6.92 Å². The number of sulfonamides is 1. The van der Waals surface area contributed by atoms with Crippen LogP contribution in [0.2, 0.25) is 0 Å². The average Bonchev–Trinajstić information content (AvgIpc) is 2.69. The van der Waals surface area contributed by atoms with E-state index < -0.39 is 10.0 Å². The summed E-state index contributed by atoms with van der Waals surface area (Å²) in [5, 5.41) is 3.98. The minimum Gasteiger partial charge on any atom is -0.278 e. The number of nitrogens with one attached hydrogen (secondary N) is 1. The van der Waals surface area contributed by atoms with E-state index in [0.717, 1.165) is 10.0 Å². The molecule has 2 aromatic rings. The Morgan fingerprint density at radius 3 is 2.61 bits per heavy atom. The molecule has 0 unspecified atom stereocenters. The van der Waals surface area contributed by atoms with Gasteiger partial charge in [0.05, 0.1) is 11.9 Å². The van der Waals surface area contributed by atoms with Gasteiger partial charge in [-0.3, -0.25) is 9.40 Å². The molecule has 1 aromatic carbocycles. The molecule has 0 fully saturated rings. The average molecular weight is 330 g/mol. The maximum absolute atomic E-state index is 12.1. The lowest BCUT2D eigenvalue weighted by Gasteiger charge is -2.10. The van der Waals surface area contributed by atoms with Crippen LogP contribution in [0.4, 0.5) is 5.69 Å². The second-order valence-corrected chi connectivity index (χ2v) is 6.40. The van der Waals surface area contributed by atoms with Crippen LogP contribution >= 0.6 is 15.9 Å². The smallest absolute Gasteiger partial charge is 0.278 e. The minimum absolute atomic E-state index is 0.129. The second-order valence-electron chi connectivity index (χ2n) is 3.86. The fraction of sp³-hybridized carbons (Fsp3) is 0.182. The molecule has 0 amide bonds. The first-order chi connectivity index (χ1) is 8.40.